The van der Waals surface area contributed by atoms with E-state index in [1.165, 1.54) is 9.58 Å². The Kier molecular flexibility index (Phi) is 4.00. The lowest BCUT2D eigenvalue weighted by Crippen LogP contribution is -2.41. The fourth-order valence-corrected chi connectivity index (χ4v) is 2.81. The van der Waals surface area contributed by atoms with Gasteiger partial charge in [-0.1, -0.05) is 0 Å². The van der Waals surface area contributed by atoms with Gasteiger partial charge in [-0.3, -0.25) is 9.59 Å². The largest absolute Gasteiger partial charge is 0.474 e. The third-order valence-electron chi connectivity index (χ3n) is 4.00. The van der Waals surface area contributed by atoms with Crippen LogP contribution in [0, 0.1) is 11.7 Å². The fourth-order valence-electron chi connectivity index (χ4n) is 2.81. The molecule has 3 rings (SSSR count). The summed E-state index contributed by atoms with van der Waals surface area (Å²) in [5.74, 6) is -1.54. The van der Waals surface area contributed by atoms with Crippen molar-refractivity contribution >= 4 is 11.9 Å². The van der Waals surface area contributed by atoms with Crippen LogP contribution in [0.2, 0.25) is 0 Å². The Morgan fingerprint density at radius 1 is 1.36 bits per heavy atom. The smallest absolute Gasteiger partial charge is 0.309 e. The first-order valence-corrected chi connectivity index (χ1v) is 7.46. The molecular formula is C14H18FN3O4. The number of esters is 1. The Balaban J connectivity index is 1.64. The van der Waals surface area contributed by atoms with Crippen LogP contribution in [0.15, 0.2) is 0 Å². The second kappa shape index (κ2) is 5.94. The Hall–Kier alpha value is -2.12. The highest BCUT2D eigenvalue weighted by Gasteiger charge is 2.33. The number of hydrogen-bond acceptors (Lipinski definition) is 5. The second-order valence-electron chi connectivity index (χ2n) is 5.36. The van der Waals surface area contributed by atoms with Gasteiger partial charge in [-0.15, -0.1) is 0 Å². The molecule has 7 nitrogen and oxygen atoms in total. The SMILES string of the molecule is CCOC(=O)C1CCN(C(=O)c2nn3c(c2F)OCC3)CC1. The predicted molar refractivity (Wildman–Crippen MR) is 72.9 cm³/mol. The van der Waals surface area contributed by atoms with Gasteiger partial charge in [0.25, 0.3) is 5.91 Å². The highest BCUT2D eigenvalue weighted by molar-refractivity contribution is 5.93. The van der Waals surface area contributed by atoms with Crippen LogP contribution in [-0.4, -0.2) is 52.9 Å². The summed E-state index contributed by atoms with van der Waals surface area (Å²) in [5.41, 5.74) is -0.204. The number of amides is 1. The molecule has 0 aromatic carbocycles. The van der Waals surface area contributed by atoms with Crippen LogP contribution >= 0.6 is 0 Å². The second-order valence-corrected chi connectivity index (χ2v) is 5.36. The Bertz CT molecular complexity index is 593. The number of fused-ring (bicyclic) bond motifs is 1. The lowest BCUT2D eigenvalue weighted by molar-refractivity contribution is -0.149. The first-order chi connectivity index (χ1) is 10.6. The third kappa shape index (κ3) is 2.53. The molecule has 22 heavy (non-hydrogen) atoms. The van der Waals surface area contributed by atoms with E-state index < -0.39 is 11.7 Å². The molecule has 1 amide bonds. The van der Waals surface area contributed by atoms with Gasteiger partial charge in [0, 0.05) is 13.1 Å². The van der Waals surface area contributed by atoms with Crippen molar-refractivity contribution in [1.29, 1.82) is 0 Å². The maximum absolute atomic E-state index is 14.1. The standard InChI is InChI=1S/C14H18FN3O4/c1-2-21-14(20)9-3-5-17(6-4-9)12(19)11-10(15)13-18(16-11)7-8-22-13/h9H,2-8H2,1H3. The molecule has 2 aliphatic heterocycles. The zero-order valence-electron chi connectivity index (χ0n) is 12.4. The molecule has 0 atom stereocenters. The van der Waals surface area contributed by atoms with Gasteiger partial charge in [-0.25, -0.2) is 4.68 Å². The van der Waals surface area contributed by atoms with Crippen LogP contribution in [0.25, 0.3) is 0 Å². The van der Waals surface area contributed by atoms with Crippen LogP contribution in [0.5, 0.6) is 5.88 Å². The summed E-state index contributed by atoms with van der Waals surface area (Å²) in [4.78, 5) is 25.6. The van der Waals surface area contributed by atoms with Crippen molar-refractivity contribution in [2.24, 2.45) is 5.92 Å². The summed E-state index contributed by atoms with van der Waals surface area (Å²) in [6, 6.07) is 0. The predicted octanol–water partition coefficient (Wildman–Crippen LogP) is 0.830. The summed E-state index contributed by atoms with van der Waals surface area (Å²) >= 11 is 0. The van der Waals surface area contributed by atoms with Crippen molar-refractivity contribution in [1.82, 2.24) is 14.7 Å². The zero-order valence-corrected chi connectivity index (χ0v) is 12.4. The van der Waals surface area contributed by atoms with E-state index in [9.17, 15) is 14.0 Å². The average molecular weight is 311 g/mol. The number of aromatic nitrogens is 2. The molecule has 0 radical (unpaired) electrons. The van der Waals surface area contributed by atoms with Crippen LogP contribution in [0.3, 0.4) is 0 Å². The van der Waals surface area contributed by atoms with Crippen molar-refractivity contribution < 1.29 is 23.5 Å². The van der Waals surface area contributed by atoms with Crippen molar-refractivity contribution in [3.05, 3.63) is 11.5 Å². The van der Waals surface area contributed by atoms with E-state index in [2.05, 4.69) is 5.10 Å². The van der Waals surface area contributed by atoms with Gasteiger partial charge < -0.3 is 14.4 Å². The van der Waals surface area contributed by atoms with Crippen molar-refractivity contribution in [2.75, 3.05) is 26.3 Å². The van der Waals surface area contributed by atoms with E-state index in [4.69, 9.17) is 9.47 Å². The molecule has 1 aromatic heterocycles. The van der Waals surface area contributed by atoms with E-state index in [-0.39, 0.29) is 23.5 Å². The number of nitrogens with zero attached hydrogens (tertiary/aromatic N) is 3. The average Bonchev–Trinajstić information content (AvgIpc) is 3.10. The minimum absolute atomic E-state index is 0.0322. The number of carbonyl (C=O) groups is 2. The van der Waals surface area contributed by atoms with E-state index in [1.54, 1.807) is 6.92 Å². The maximum atomic E-state index is 14.1. The Morgan fingerprint density at radius 2 is 2.09 bits per heavy atom. The van der Waals surface area contributed by atoms with Crippen molar-refractivity contribution in [3.63, 3.8) is 0 Å². The van der Waals surface area contributed by atoms with Crippen LogP contribution < -0.4 is 4.74 Å². The first-order valence-electron chi connectivity index (χ1n) is 7.46. The topological polar surface area (TPSA) is 73.7 Å². The van der Waals surface area contributed by atoms with Gasteiger partial charge >= 0.3 is 5.97 Å². The number of ether oxygens (including phenoxy) is 2. The van der Waals surface area contributed by atoms with Crippen molar-refractivity contribution in [2.45, 2.75) is 26.3 Å². The van der Waals surface area contributed by atoms with E-state index in [0.717, 1.165) is 0 Å². The molecule has 8 heteroatoms. The number of hydrogen-bond donors (Lipinski definition) is 0. The monoisotopic (exact) mass is 311 g/mol. The van der Waals surface area contributed by atoms with Crippen LogP contribution in [-0.2, 0) is 16.1 Å². The molecular weight excluding hydrogens is 293 g/mol. The summed E-state index contributed by atoms with van der Waals surface area (Å²) in [5, 5.41) is 3.98. The lowest BCUT2D eigenvalue weighted by atomic mass is 9.97. The molecule has 0 N–H and O–H groups in total. The lowest BCUT2D eigenvalue weighted by Gasteiger charge is -2.30. The van der Waals surface area contributed by atoms with E-state index in [1.807, 2.05) is 0 Å². The fraction of sp³-hybridized carbons (Fsp3) is 0.643. The number of rotatable bonds is 3. The van der Waals surface area contributed by atoms with Gasteiger partial charge in [0.1, 0.15) is 6.61 Å². The Morgan fingerprint density at radius 3 is 2.73 bits per heavy atom. The highest BCUT2D eigenvalue weighted by Crippen LogP contribution is 2.27. The van der Waals surface area contributed by atoms with Gasteiger partial charge in [-0.05, 0) is 19.8 Å². The van der Waals surface area contributed by atoms with Crippen molar-refractivity contribution in [3.8, 4) is 5.88 Å². The van der Waals surface area contributed by atoms with Gasteiger partial charge in [-0.2, -0.15) is 9.49 Å². The zero-order chi connectivity index (χ0) is 15.7. The first kappa shape index (κ1) is 14.8. The Labute approximate surface area is 127 Å². The molecule has 1 fully saturated rings. The molecule has 0 aliphatic carbocycles. The van der Waals surface area contributed by atoms with Gasteiger partial charge in [0.05, 0.1) is 19.1 Å². The quantitative estimate of drug-likeness (QED) is 0.773. The summed E-state index contributed by atoms with van der Waals surface area (Å²) in [7, 11) is 0. The molecule has 0 unspecified atom stereocenters. The molecule has 120 valence electrons. The summed E-state index contributed by atoms with van der Waals surface area (Å²) < 4.78 is 25.6. The molecule has 0 saturated carbocycles. The number of carbonyl (C=O) groups excluding carboxylic acids is 2. The normalized spacial score (nSPS) is 18.0. The van der Waals surface area contributed by atoms with Gasteiger partial charge in [0.2, 0.25) is 11.7 Å². The summed E-state index contributed by atoms with van der Waals surface area (Å²) in [6.45, 7) is 3.72. The molecule has 2 aliphatic rings. The van der Waals surface area contributed by atoms with E-state index in [0.29, 0.717) is 45.7 Å². The molecule has 1 saturated heterocycles. The molecule has 0 bridgehead atoms. The number of likely N-dealkylation sites (tertiary alicyclic amines) is 1. The van der Waals surface area contributed by atoms with E-state index >= 15 is 0 Å². The number of halogens is 1. The molecule has 3 heterocycles. The summed E-state index contributed by atoms with van der Waals surface area (Å²) in [6.07, 6.45) is 1.05. The minimum Gasteiger partial charge on any atom is -0.474 e. The minimum atomic E-state index is -0.699. The van der Waals surface area contributed by atoms with Crippen LogP contribution in [0.1, 0.15) is 30.3 Å². The van der Waals surface area contributed by atoms with Gasteiger partial charge in [0.15, 0.2) is 5.69 Å². The number of piperidine rings is 1. The maximum Gasteiger partial charge on any atom is 0.309 e. The molecule has 0 spiro atoms. The third-order valence-corrected chi connectivity index (χ3v) is 4.00. The highest BCUT2D eigenvalue weighted by atomic mass is 19.1. The van der Waals surface area contributed by atoms with Crippen LogP contribution in [0.4, 0.5) is 4.39 Å². The molecule has 1 aromatic rings.